The summed E-state index contributed by atoms with van der Waals surface area (Å²) in [5.74, 6) is -7.21. The van der Waals surface area contributed by atoms with Crippen molar-refractivity contribution < 1.29 is 29.0 Å². The molecule has 2 rings (SSSR count). The Labute approximate surface area is 101 Å². The Morgan fingerprint density at radius 2 is 1.72 bits per heavy atom. The minimum absolute atomic E-state index is 0.213. The van der Waals surface area contributed by atoms with Crippen LogP contribution in [0, 0.1) is 23.2 Å². The molecule has 0 aromatic rings. The summed E-state index contributed by atoms with van der Waals surface area (Å²) in [7, 11) is 0. The number of hydrogen-bond donors (Lipinski definition) is 4. The molecule has 0 saturated heterocycles. The first-order chi connectivity index (χ1) is 8.26. The van der Waals surface area contributed by atoms with Crippen LogP contribution in [0.15, 0.2) is 0 Å². The molecule has 7 nitrogen and oxygen atoms in total. The van der Waals surface area contributed by atoms with Gasteiger partial charge in [0.1, 0.15) is 6.17 Å². The third-order valence-corrected chi connectivity index (χ3v) is 4.23. The molecule has 0 aliphatic heterocycles. The van der Waals surface area contributed by atoms with Crippen LogP contribution in [0.2, 0.25) is 0 Å². The molecular formula is C10H13FN2O5. The zero-order valence-electron chi connectivity index (χ0n) is 9.25. The Balaban J connectivity index is 2.45. The standard InChI is InChI=1S/C10H13FN2O5/c11-3-1-2-4(8(15)16)10(2,5(3)9(17)18)6(12)7(13)14/h2-6H,1,12H2,(H2,13,14)(H,15,16)(H,17,18)/t2-,3+,4-,5?,6-,10+/m1/s1. The Bertz CT molecular complexity index is 424. The first-order valence-corrected chi connectivity index (χ1v) is 5.40. The smallest absolute Gasteiger partial charge is 0.310 e. The molecule has 0 heterocycles. The van der Waals surface area contributed by atoms with Crippen LogP contribution in [0.3, 0.4) is 0 Å². The van der Waals surface area contributed by atoms with E-state index >= 15 is 0 Å². The molecule has 2 fully saturated rings. The van der Waals surface area contributed by atoms with E-state index in [0.717, 1.165) is 0 Å². The summed E-state index contributed by atoms with van der Waals surface area (Å²) in [5, 5.41) is 18.1. The predicted molar refractivity (Wildman–Crippen MR) is 54.9 cm³/mol. The number of primary amides is 1. The number of carbonyl (C=O) groups is 3. The molecule has 100 valence electrons. The minimum Gasteiger partial charge on any atom is -0.481 e. The number of aliphatic carboxylic acids is 2. The number of carboxylic acids is 2. The average molecular weight is 260 g/mol. The third kappa shape index (κ3) is 1.29. The minimum atomic E-state index is -1.70. The Kier molecular flexibility index (Phi) is 2.58. The van der Waals surface area contributed by atoms with Crippen LogP contribution in [0.5, 0.6) is 0 Å². The van der Waals surface area contributed by atoms with E-state index in [2.05, 4.69) is 0 Å². The maximum atomic E-state index is 13.6. The Hall–Kier alpha value is -1.70. The molecule has 1 unspecified atom stereocenters. The van der Waals surface area contributed by atoms with Crippen molar-refractivity contribution in [3.63, 3.8) is 0 Å². The molecule has 6 N–H and O–H groups in total. The number of halogens is 1. The van der Waals surface area contributed by atoms with Gasteiger partial charge in [0.15, 0.2) is 0 Å². The molecule has 8 heteroatoms. The molecule has 0 aromatic heterocycles. The monoisotopic (exact) mass is 260 g/mol. The second-order valence-corrected chi connectivity index (χ2v) is 4.87. The molecule has 2 aliphatic carbocycles. The summed E-state index contributed by atoms with van der Waals surface area (Å²) in [6.45, 7) is 0. The molecule has 6 atom stereocenters. The number of nitrogens with two attached hydrogens (primary N) is 2. The van der Waals surface area contributed by atoms with Crippen LogP contribution in [-0.2, 0) is 14.4 Å². The van der Waals surface area contributed by atoms with E-state index in [9.17, 15) is 18.8 Å². The van der Waals surface area contributed by atoms with Crippen molar-refractivity contribution in [3.05, 3.63) is 0 Å². The SMILES string of the molecule is NC(=O)[C@@H](N)[C@@]12C(C(=O)O)[C@@H](F)C[C@@H]1[C@@H]2C(=O)O. The lowest BCUT2D eigenvalue weighted by Crippen LogP contribution is -2.51. The van der Waals surface area contributed by atoms with E-state index in [1.165, 1.54) is 0 Å². The van der Waals surface area contributed by atoms with Crippen LogP contribution < -0.4 is 11.5 Å². The van der Waals surface area contributed by atoms with Gasteiger partial charge in [-0.2, -0.15) is 0 Å². The van der Waals surface area contributed by atoms with Crippen molar-refractivity contribution in [1.29, 1.82) is 0 Å². The van der Waals surface area contributed by atoms with Crippen molar-refractivity contribution in [1.82, 2.24) is 0 Å². The summed E-state index contributed by atoms with van der Waals surface area (Å²) in [5.41, 5.74) is 8.99. The van der Waals surface area contributed by atoms with Crippen LogP contribution in [0.1, 0.15) is 6.42 Å². The molecule has 18 heavy (non-hydrogen) atoms. The summed E-state index contributed by atoms with van der Waals surface area (Å²) in [6.07, 6.45) is -1.91. The highest BCUT2D eigenvalue weighted by Gasteiger charge is 2.81. The Morgan fingerprint density at radius 1 is 1.22 bits per heavy atom. The summed E-state index contributed by atoms with van der Waals surface area (Å²) >= 11 is 0. The van der Waals surface area contributed by atoms with Gasteiger partial charge in [0.05, 0.1) is 17.9 Å². The van der Waals surface area contributed by atoms with E-state index in [-0.39, 0.29) is 6.42 Å². The van der Waals surface area contributed by atoms with Crippen LogP contribution >= 0.6 is 0 Å². The number of carbonyl (C=O) groups excluding carboxylic acids is 1. The van der Waals surface area contributed by atoms with Gasteiger partial charge in [-0.25, -0.2) is 4.39 Å². The van der Waals surface area contributed by atoms with Gasteiger partial charge in [0, 0.05) is 5.41 Å². The molecule has 0 aromatic carbocycles. The second kappa shape index (κ2) is 3.64. The highest BCUT2D eigenvalue weighted by atomic mass is 19.1. The predicted octanol–water partition coefficient (Wildman–Crippen LogP) is -1.44. The van der Waals surface area contributed by atoms with Gasteiger partial charge in [0.25, 0.3) is 0 Å². The largest absolute Gasteiger partial charge is 0.481 e. The topological polar surface area (TPSA) is 144 Å². The second-order valence-electron chi connectivity index (χ2n) is 4.87. The Morgan fingerprint density at radius 3 is 2.11 bits per heavy atom. The summed E-state index contributed by atoms with van der Waals surface area (Å²) < 4.78 is 13.6. The fraction of sp³-hybridized carbons (Fsp3) is 0.700. The van der Waals surface area contributed by atoms with Gasteiger partial charge in [-0.3, -0.25) is 14.4 Å². The lowest BCUT2D eigenvalue weighted by Gasteiger charge is -2.26. The molecule has 1 amide bonds. The lowest BCUT2D eigenvalue weighted by molar-refractivity contribution is -0.149. The molecular weight excluding hydrogens is 247 g/mol. The average Bonchev–Trinajstić information content (AvgIpc) is 2.76. The highest BCUT2D eigenvalue weighted by molar-refractivity contribution is 5.89. The van der Waals surface area contributed by atoms with Gasteiger partial charge in [-0.05, 0) is 12.3 Å². The first-order valence-electron chi connectivity index (χ1n) is 5.40. The van der Waals surface area contributed by atoms with Crippen LogP contribution in [-0.4, -0.2) is 40.3 Å². The molecule has 0 radical (unpaired) electrons. The van der Waals surface area contributed by atoms with Gasteiger partial charge in [-0.15, -0.1) is 0 Å². The number of carboxylic acid groups (broad SMARTS) is 2. The summed E-state index contributed by atoms with van der Waals surface area (Å²) in [6, 6.07) is -1.47. The zero-order chi connectivity index (χ0) is 13.8. The number of amides is 1. The lowest BCUT2D eigenvalue weighted by atomic mass is 9.80. The third-order valence-electron chi connectivity index (χ3n) is 4.23. The number of alkyl halides is 1. The van der Waals surface area contributed by atoms with Crippen molar-refractivity contribution in [2.75, 3.05) is 0 Å². The number of rotatable bonds is 4. The maximum absolute atomic E-state index is 13.6. The fourth-order valence-electron chi connectivity index (χ4n) is 3.58. The zero-order valence-corrected chi connectivity index (χ0v) is 9.25. The quantitative estimate of drug-likeness (QED) is 0.487. The highest BCUT2D eigenvalue weighted by Crippen LogP contribution is 2.72. The molecule has 0 bridgehead atoms. The van der Waals surface area contributed by atoms with E-state index in [1.807, 2.05) is 0 Å². The molecule has 2 saturated carbocycles. The number of fused-ring (bicyclic) bond motifs is 1. The van der Waals surface area contributed by atoms with E-state index < -0.39 is 53.2 Å². The number of hydrogen-bond acceptors (Lipinski definition) is 4. The fourth-order valence-corrected chi connectivity index (χ4v) is 3.58. The van der Waals surface area contributed by atoms with Crippen LogP contribution in [0.4, 0.5) is 4.39 Å². The van der Waals surface area contributed by atoms with Crippen LogP contribution in [0.25, 0.3) is 0 Å². The van der Waals surface area contributed by atoms with E-state index in [4.69, 9.17) is 21.7 Å². The van der Waals surface area contributed by atoms with Gasteiger partial charge < -0.3 is 21.7 Å². The van der Waals surface area contributed by atoms with Crippen molar-refractivity contribution in [3.8, 4) is 0 Å². The normalized spacial score (nSPS) is 43.0. The van der Waals surface area contributed by atoms with Crippen molar-refractivity contribution in [2.24, 2.45) is 34.6 Å². The summed E-state index contributed by atoms with van der Waals surface area (Å²) in [4.78, 5) is 33.3. The first kappa shape index (κ1) is 12.7. The van der Waals surface area contributed by atoms with E-state index in [1.54, 1.807) is 0 Å². The van der Waals surface area contributed by atoms with Crippen molar-refractivity contribution in [2.45, 2.75) is 18.6 Å². The van der Waals surface area contributed by atoms with Crippen molar-refractivity contribution >= 4 is 17.8 Å². The maximum Gasteiger partial charge on any atom is 0.310 e. The van der Waals surface area contributed by atoms with E-state index in [0.29, 0.717) is 0 Å². The molecule has 0 spiro atoms. The van der Waals surface area contributed by atoms with Gasteiger partial charge >= 0.3 is 11.9 Å². The van der Waals surface area contributed by atoms with Gasteiger partial charge in [0.2, 0.25) is 5.91 Å². The molecule has 2 aliphatic rings. The van der Waals surface area contributed by atoms with Gasteiger partial charge in [-0.1, -0.05) is 0 Å².